The van der Waals surface area contributed by atoms with Crippen LogP contribution in [-0.2, 0) is 25.0 Å². The van der Waals surface area contributed by atoms with Gasteiger partial charge in [0.15, 0.2) is 0 Å². The van der Waals surface area contributed by atoms with Crippen LogP contribution >= 0.6 is 0 Å². The average molecular weight is 469 g/mol. The van der Waals surface area contributed by atoms with E-state index in [0.717, 1.165) is 54.2 Å². The van der Waals surface area contributed by atoms with Crippen LogP contribution in [0.3, 0.4) is 0 Å². The second-order valence-electron chi connectivity index (χ2n) is 9.89. The molecule has 0 aliphatic rings. The molecule has 0 aliphatic heterocycles. The number of aromatic nitrogens is 2. The lowest BCUT2D eigenvalue weighted by molar-refractivity contribution is 0.284. The number of para-hydroxylation sites is 3. The Labute approximate surface area is 209 Å². The summed E-state index contributed by atoms with van der Waals surface area (Å²) in [6, 6.07) is 24.9. The number of allylic oxidation sites excluding steroid dienone is 1. The van der Waals surface area contributed by atoms with Crippen molar-refractivity contribution in [2.24, 2.45) is 0 Å². The van der Waals surface area contributed by atoms with Crippen molar-refractivity contribution in [2.45, 2.75) is 58.6 Å². The summed E-state index contributed by atoms with van der Waals surface area (Å²) in [5.41, 5.74) is 4.75. The number of imidazole rings is 1. The number of unbranched alkanes of at least 4 members (excludes halogenated alkanes) is 1. The number of ether oxygens (including phenoxy) is 2. The predicted molar refractivity (Wildman–Crippen MR) is 144 cm³/mol. The molecule has 0 fully saturated rings. The average Bonchev–Trinajstić information content (AvgIpc) is 3.21. The van der Waals surface area contributed by atoms with Crippen LogP contribution in [0.15, 0.2) is 85.5 Å². The Bertz CT molecular complexity index is 1250. The summed E-state index contributed by atoms with van der Waals surface area (Å²) in [5.74, 6) is 2.76. The van der Waals surface area contributed by atoms with E-state index >= 15 is 0 Å². The fourth-order valence-electron chi connectivity index (χ4n) is 4.21. The van der Waals surface area contributed by atoms with Crippen molar-refractivity contribution < 1.29 is 9.47 Å². The van der Waals surface area contributed by atoms with E-state index in [2.05, 4.69) is 80.4 Å². The van der Waals surface area contributed by atoms with Crippen LogP contribution in [-0.4, -0.2) is 16.2 Å². The lowest BCUT2D eigenvalue weighted by atomic mass is 9.87. The van der Waals surface area contributed by atoms with Crippen LogP contribution in [0, 0.1) is 0 Å². The van der Waals surface area contributed by atoms with Gasteiger partial charge in [-0.25, -0.2) is 4.98 Å². The van der Waals surface area contributed by atoms with E-state index in [4.69, 9.17) is 14.5 Å². The molecule has 0 amide bonds. The van der Waals surface area contributed by atoms with Crippen LogP contribution in [0.5, 0.6) is 11.5 Å². The summed E-state index contributed by atoms with van der Waals surface area (Å²) in [6.45, 7) is 12.5. The third kappa shape index (κ3) is 6.33. The standard InChI is InChI=1S/C31H36N2O2/c1-5-12-24-13-6-9-16-29(24)34-22-11-10-21-33-28-15-8-7-14-27(28)32-30(33)23-35-26-19-17-25(18-20-26)31(2,3)4/h5-9,13-20H,1,10-12,21-23H2,2-4H3. The topological polar surface area (TPSA) is 36.3 Å². The predicted octanol–water partition coefficient (Wildman–Crippen LogP) is 7.50. The number of aryl methyl sites for hydroxylation is 1. The molecule has 0 unspecified atom stereocenters. The van der Waals surface area contributed by atoms with Gasteiger partial charge in [0.25, 0.3) is 0 Å². The number of hydrogen-bond donors (Lipinski definition) is 0. The third-order valence-corrected chi connectivity index (χ3v) is 6.19. The first-order valence-corrected chi connectivity index (χ1v) is 12.4. The molecule has 0 saturated heterocycles. The lowest BCUT2D eigenvalue weighted by Gasteiger charge is -2.19. The summed E-state index contributed by atoms with van der Waals surface area (Å²) in [7, 11) is 0. The number of benzene rings is 3. The molecule has 0 aliphatic carbocycles. The summed E-state index contributed by atoms with van der Waals surface area (Å²) in [5, 5.41) is 0. The van der Waals surface area contributed by atoms with Crippen LogP contribution in [0.2, 0.25) is 0 Å². The van der Waals surface area contributed by atoms with Crippen molar-refractivity contribution >= 4 is 11.0 Å². The van der Waals surface area contributed by atoms with Gasteiger partial charge in [0.1, 0.15) is 23.9 Å². The number of rotatable bonds is 11. The highest BCUT2D eigenvalue weighted by atomic mass is 16.5. The van der Waals surface area contributed by atoms with E-state index < -0.39 is 0 Å². The highest BCUT2D eigenvalue weighted by Crippen LogP contribution is 2.25. The van der Waals surface area contributed by atoms with Crippen molar-refractivity contribution in [1.29, 1.82) is 0 Å². The van der Waals surface area contributed by atoms with Gasteiger partial charge in [-0.05, 0) is 66.1 Å². The molecule has 0 N–H and O–H groups in total. The van der Waals surface area contributed by atoms with Crippen molar-refractivity contribution in [3.63, 3.8) is 0 Å². The Morgan fingerprint density at radius 2 is 1.63 bits per heavy atom. The number of fused-ring (bicyclic) bond motifs is 1. The number of hydrogen-bond acceptors (Lipinski definition) is 3. The van der Waals surface area contributed by atoms with Crippen molar-refractivity contribution in [3.05, 3.63) is 102 Å². The second kappa shape index (κ2) is 11.3. The van der Waals surface area contributed by atoms with Gasteiger partial charge >= 0.3 is 0 Å². The first-order valence-electron chi connectivity index (χ1n) is 12.4. The van der Waals surface area contributed by atoms with Gasteiger partial charge < -0.3 is 14.0 Å². The van der Waals surface area contributed by atoms with E-state index in [9.17, 15) is 0 Å². The van der Waals surface area contributed by atoms with E-state index in [1.54, 1.807) is 0 Å². The van der Waals surface area contributed by atoms with Gasteiger partial charge in [0.05, 0.1) is 17.6 Å². The molecule has 4 nitrogen and oxygen atoms in total. The molecular formula is C31H36N2O2. The van der Waals surface area contributed by atoms with Gasteiger partial charge in [-0.15, -0.1) is 6.58 Å². The Morgan fingerprint density at radius 1 is 0.886 bits per heavy atom. The minimum atomic E-state index is 0.129. The summed E-state index contributed by atoms with van der Waals surface area (Å²) >= 11 is 0. The molecule has 0 atom stereocenters. The zero-order valence-corrected chi connectivity index (χ0v) is 21.2. The van der Waals surface area contributed by atoms with Gasteiger partial charge in [-0.3, -0.25) is 0 Å². The van der Waals surface area contributed by atoms with Crippen LogP contribution in [0.1, 0.15) is 50.6 Å². The van der Waals surface area contributed by atoms with Gasteiger partial charge in [0, 0.05) is 6.54 Å². The van der Waals surface area contributed by atoms with E-state index in [0.29, 0.717) is 13.2 Å². The highest BCUT2D eigenvalue weighted by Gasteiger charge is 2.14. The first-order chi connectivity index (χ1) is 17.0. The van der Waals surface area contributed by atoms with Crippen LogP contribution in [0.4, 0.5) is 0 Å². The zero-order valence-electron chi connectivity index (χ0n) is 21.2. The fraction of sp³-hybridized carbons (Fsp3) is 0.323. The molecule has 0 saturated carbocycles. The molecule has 182 valence electrons. The zero-order chi connectivity index (χ0) is 24.7. The van der Waals surface area contributed by atoms with E-state index in [-0.39, 0.29) is 5.41 Å². The molecule has 0 spiro atoms. The van der Waals surface area contributed by atoms with Gasteiger partial charge in [0.2, 0.25) is 0 Å². The largest absolute Gasteiger partial charge is 0.493 e. The summed E-state index contributed by atoms with van der Waals surface area (Å²) < 4.78 is 14.5. The third-order valence-electron chi connectivity index (χ3n) is 6.19. The summed E-state index contributed by atoms with van der Waals surface area (Å²) in [6.07, 6.45) is 4.69. The number of nitrogens with zero attached hydrogens (tertiary/aromatic N) is 2. The van der Waals surface area contributed by atoms with Crippen LogP contribution < -0.4 is 9.47 Å². The molecule has 4 heteroatoms. The summed E-state index contributed by atoms with van der Waals surface area (Å²) in [4.78, 5) is 4.86. The fourth-order valence-corrected chi connectivity index (χ4v) is 4.21. The van der Waals surface area contributed by atoms with Crippen LogP contribution in [0.25, 0.3) is 11.0 Å². The Balaban J connectivity index is 1.37. The molecule has 4 rings (SSSR count). The minimum absolute atomic E-state index is 0.129. The quantitative estimate of drug-likeness (QED) is 0.169. The molecule has 4 aromatic rings. The Morgan fingerprint density at radius 3 is 2.40 bits per heavy atom. The second-order valence-corrected chi connectivity index (χ2v) is 9.89. The molecule has 35 heavy (non-hydrogen) atoms. The monoisotopic (exact) mass is 468 g/mol. The maximum atomic E-state index is 6.14. The van der Waals surface area contributed by atoms with Crippen molar-refractivity contribution in [2.75, 3.05) is 6.61 Å². The Hall–Kier alpha value is -3.53. The smallest absolute Gasteiger partial charge is 0.147 e. The SMILES string of the molecule is C=CCc1ccccc1OCCCCn1c(COc2ccc(C(C)(C)C)cc2)nc2ccccc21. The van der Waals surface area contributed by atoms with Crippen molar-refractivity contribution in [3.8, 4) is 11.5 Å². The molecule has 1 heterocycles. The maximum absolute atomic E-state index is 6.14. The molecule has 3 aromatic carbocycles. The molecule has 1 aromatic heterocycles. The Kier molecular flexibility index (Phi) is 7.91. The highest BCUT2D eigenvalue weighted by molar-refractivity contribution is 5.75. The van der Waals surface area contributed by atoms with Gasteiger partial charge in [-0.2, -0.15) is 0 Å². The van der Waals surface area contributed by atoms with E-state index in [1.165, 1.54) is 11.1 Å². The van der Waals surface area contributed by atoms with Crippen molar-refractivity contribution in [1.82, 2.24) is 9.55 Å². The maximum Gasteiger partial charge on any atom is 0.147 e. The normalized spacial score (nSPS) is 11.5. The lowest BCUT2D eigenvalue weighted by Crippen LogP contribution is -2.11. The first kappa shape index (κ1) is 24.6. The molecule has 0 bridgehead atoms. The molecular weight excluding hydrogens is 432 g/mol. The minimum Gasteiger partial charge on any atom is -0.493 e. The molecule has 0 radical (unpaired) electrons. The van der Waals surface area contributed by atoms with Gasteiger partial charge in [-0.1, -0.05) is 69.3 Å². The van der Waals surface area contributed by atoms with E-state index in [1.807, 2.05) is 30.3 Å².